The van der Waals surface area contributed by atoms with Gasteiger partial charge in [0.05, 0.1) is 48.0 Å². The highest BCUT2D eigenvalue weighted by molar-refractivity contribution is 6.25. The predicted octanol–water partition coefficient (Wildman–Crippen LogP) is 5.41. The Kier molecular flexibility index (Phi) is 11.2. The number of anilines is 2. The van der Waals surface area contributed by atoms with Gasteiger partial charge in [-0.3, -0.25) is 38.9 Å². The Morgan fingerprint density at radius 1 is 0.984 bits per heavy atom. The first kappa shape index (κ1) is 40.5. The lowest BCUT2D eigenvalue weighted by atomic mass is 9.84. The fourth-order valence-electron chi connectivity index (χ4n) is 9.67. The Balaban J connectivity index is 0.770. The molecule has 16 nitrogen and oxygen atoms in total. The fraction of sp³-hybridized carbons (Fsp3) is 0.488. The second-order valence-corrected chi connectivity index (χ2v) is 16.8. The van der Waals surface area contributed by atoms with Gasteiger partial charge in [0.2, 0.25) is 11.8 Å². The third-order valence-corrected chi connectivity index (χ3v) is 13.0. The van der Waals surface area contributed by atoms with Gasteiger partial charge in [0.25, 0.3) is 24.1 Å². The smallest absolute Gasteiger partial charge is 0.284 e. The number of rotatable bonds is 11. The third kappa shape index (κ3) is 8.05. The van der Waals surface area contributed by atoms with Crippen molar-refractivity contribution in [2.75, 3.05) is 37.4 Å². The van der Waals surface area contributed by atoms with Crippen molar-refractivity contribution >= 4 is 52.1 Å². The maximum atomic E-state index is 14.3. The van der Waals surface area contributed by atoms with Crippen LogP contribution in [0.25, 0.3) is 11.2 Å². The van der Waals surface area contributed by atoms with E-state index >= 15 is 0 Å². The van der Waals surface area contributed by atoms with Crippen LogP contribution in [0.4, 0.5) is 20.2 Å². The molecule has 3 fully saturated rings. The van der Waals surface area contributed by atoms with E-state index in [-0.39, 0.29) is 47.3 Å². The zero-order chi connectivity index (χ0) is 42.4. The number of carbonyl (C=O) groups excluding carboxylic acids is 5. The summed E-state index contributed by atoms with van der Waals surface area (Å²) < 4.78 is 37.0. The lowest BCUT2D eigenvalue weighted by molar-refractivity contribution is -0.136. The van der Waals surface area contributed by atoms with Gasteiger partial charge in [0, 0.05) is 43.1 Å². The Morgan fingerprint density at radius 3 is 2.52 bits per heavy atom. The molecule has 0 radical (unpaired) electrons. The number of benzene rings is 1. The van der Waals surface area contributed by atoms with Crippen LogP contribution in [-0.2, 0) is 14.3 Å². The first-order valence-electron chi connectivity index (χ1n) is 21.1. The lowest BCUT2D eigenvalue weighted by Gasteiger charge is -2.38. The van der Waals surface area contributed by atoms with E-state index in [1.54, 1.807) is 29.1 Å². The molecule has 3 N–H and O–H groups in total. The van der Waals surface area contributed by atoms with E-state index < -0.39 is 47.7 Å². The summed E-state index contributed by atoms with van der Waals surface area (Å²) in [6, 6.07) is 6.35. The summed E-state index contributed by atoms with van der Waals surface area (Å²) in [6.45, 7) is 1.99. The van der Waals surface area contributed by atoms with Crippen LogP contribution in [0.5, 0.6) is 0 Å². The van der Waals surface area contributed by atoms with Crippen molar-refractivity contribution in [3.05, 3.63) is 77.0 Å². The van der Waals surface area contributed by atoms with Crippen molar-refractivity contribution in [1.82, 2.24) is 39.5 Å². The first-order valence-corrected chi connectivity index (χ1v) is 21.1. The highest BCUT2D eigenvalue weighted by atomic mass is 19.3. The minimum Gasteiger partial charge on any atom is -0.382 e. The topological polar surface area (TPSA) is 185 Å². The van der Waals surface area contributed by atoms with Crippen molar-refractivity contribution in [2.24, 2.45) is 5.92 Å². The lowest BCUT2D eigenvalue weighted by Crippen LogP contribution is -2.54. The molecule has 1 aromatic carbocycles. The van der Waals surface area contributed by atoms with Gasteiger partial charge >= 0.3 is 0 Å². The number of imide groups is 2. The van der Waals surface area contributed by atoms with E-state index in [2.05, 4.69) is 43.1 Å². The van der Waals surface area contributed by atoms with Crippen molar-refractivity contribution in [3.8, 4) is 0 Å². The molecule has 0 spiro atoms. The number of carbonyl (C=O) groups is 5. The van der Waals surface area contributed by atoms with Crippen LogP contribution in [0.15, 0.2) is 48.9 Å². The average molecular weight is 839 g/mol. The number of nitrogens with one attached hydrogen (secondary N) is 3. The Bertz CT molecular complexity index is 2410. The van der Waals surface area contributed by atoms with Gasteiger partial charge < -0.3 is 20.3 Å². The van der Waals surface area contributed by atoms with Crippen LogP contribution in [0, 0.1) is 5.92 Å². The molecular formula is C43H48F2N10O6. The third-order valence-electron chi connectivity index (χ3n) is 13.0. The summed E-state index contributed by atoms with van der Waals surface area (Å²) in [5.74, 6) is -2.24. The molecule has 18 heteroatoms. The summed E-state index contributed by atoms with van der Waals surface area (Å²) in [4.78, 5) is 72.7. The molecule has 1 atom stereocenters. The average Bonchev–Trinajstić information content (AvgIpc) is 3.96. The number of hydrogen-bond donors (Lipinski definition) is 3. The zero-order valence-corrected chi connectivity index (χ0v) is 33.8. The molecule has 2 saturated carbocycles. The molecule has 61 heavy (non-hydrogen) atoms. The van der Waals surface area contributed by atoms with Crippen LogP contribution in [0.1, 0.15) is 126 Å². The Morgan fingerprint density at radius 2 is 1.79 bits per heavy atom. The van der Waals surface area contributed by atoms with Crippen LogP contribution in [0.2, 0.25) is 0 Å². The number of halogens is 2. The number of alkyl halides is 2. The van der Waals surface area contributed by atoms with Crippen molar-refractivity contribution in [1.29, 1.82) is 0 Å². The van der Waals surface area contributed by atoms with Crippen LogP contribution < -0.4 is 16.0 Å². The van der Waals surface area contributed by atoms with Gasteiger partial charge in [0.1, 0.15) is 11.6 Å². The molecule has 6 heterocycles. The van der Waals surface area contributed by atoms with E-state index in [0.29, 0.717) is 48.6 Å². The van der Waals surface area contributed by atoms with Gasteiger partial charge in [-0.2, -0.15) is 10.2 Å². The molecule has 2 aliphatic carbocycles. The summed E-state index contributed by atoms with van der Waals surface area (Å²) in [5, 5.41) is 17.0. The van der Waals surface area contributed by atoms with Crippen molar-refractivity contribution < 1.29 is 37.5 Å². The van der Waals surface area contributed by atoms with Crippen molar-refractivity contribution in [2.45, 2.75) is 101 Å². The number of piperidine rings is 1. The molecular weight excluding hydrogens is 791 g/mol. The van der Waals surface area contributed by atoms with Gasteiger partial charge in [-0.1, -0.05) is 12.1 Å². The van der Waals surface area contributed by atoms with Gasteiger partial charge in [0.15, 0.2) is 11.3 Å². The molecule has 9 rings (SSSR count). The van der Waals surface area contributed by atoms with Gasteiger partial charge in [-0.05, 0) is 101 Å². The summed E-state index contributed by atoms with van der Waals surface area (Å²) in [6.07, 6.45) is 11.6. The quantitative estimate of drug-likeness (QED) is 0.164. The minimum absolute atomic E-state index is 0.0273. The fourth-order valence-corrected chi connectivity index (χ4v) is 9.67. The van der Waals surface area contributed by atoms with Crippen LogP contribution in [0.3, 0.4) is 0 Å². The molecule has 3 aromatic heterocycles. The Labute approximate surface area is 350 Å². The molecule has 1 saturated heterocycles. The predicted molar refractivity (Wildman–Crippen MR) is 218 cm³/mol. The van der Waals surface area contributed by atoms with Crippen LogP contribution >= 0.6 is 0 Å². The van der Waals surface area contributed by atoms with E-state index in [1.165, 1.54) is 16.9 Å². The molecule has 0 bridgehead atoms. The standard InChI is InChI=1S/C43H48F2N10O6/c1-52(27-11-7-26(8-12-27)47-32-4-2-3-29-36(32)43(60)55(42(29)59)34-13-14-35(56)50-41(34)58)22-24-5-9-28(10-6-24)54-23-33(37(51-54)38(44)45)49-40(57)30-21-46-53-18-15-31(48-39(30)53)25-16-19-61-20-17-25/h2-4,15-16,18,21,23-24,26-28,34,38,47H,5-14,17,19-20,22H2,1H3,(H,49,57)(H,50,56,58)/t24?,26-,27-,28?,34?. The maximum Gasteiger partial charge on any atom is 0.284 e. The van der Waals surface area contributed by atoms with E-state index in [0.717, 1.165) is 68.4 Å². The molecule has 5 aliphatic rings. The second kappa shape index (κ2) is 16.9. The van der Waals surface area contributed by atoms with Crippen molar-refractivity contribution in [3.63, 3.8) is 0 Å². The molecule has 320 valence electrons. The number of aromatic nitrogens is 5. The molecule has 5 amide bonds. The maximum absolute atomic E-state index is 14.3. The summed E-state index contributed by atoms with van der Waals surface area (Å²) >= 11 is 0. The minimum atomic E-state index is -2.88. The number of nitrogens with zero attached hydrogens (tertiary/aromatic N) is 7. The number of fused-ring (bicyclic) bond motifs is 2. The SMILES string of the molecule is CN(CC1CCC(n2cc(NC(=O)c3cnn4ccc(C5=CCOCC5)nc34)c(C(F)F)n2)CC1)[C@H]1CC[C@H](Nc2cccc3c2C(=O)N(C2CCC(=O)NC2=O)C3=O)CC1. The summed E-state index contributed by atoms with van der Waals surface area (Å²) in [5.41, 5.74) is 2.83. The summed E-state index contributed by atoms with van der Waals surface area (Å²) in [7, 11) is 2.16. The molecule has 1 unspecified atom stereocenters. The van der Waals surface area contributed by atoms with Gasteiger partial charge in [-0.15, -0.1) is 0 Å². The number of amides is 5. The molecule has 3 aliphatic heterocycles. The zero-order valence-electron chi connectivity index (χ0n) is 33.8. The largest absolute Gasteiger partial charge is 0.382 e. The highest BCUT2D eigenvalue weighted by Gasteiger charge is 2.46. The Hall–Kier alpha value is -5.88. The van der Waals surface area contributed by atoms with E-state index in [1.807, 2.05) is 12.1 Å². The van der Waals surface area contributed by atoms with E-state index in [9.17, 15) is 32.8 Å². The number of hydrogen-bond acceptors (Lipinski definition) is 11. The van der Waals surface area contributed by atoms with E-state index in [4.69, 9.17) is 4.74 Å². The van der Waals surface area contributed by atoms with Crippen LogP contribution in [-0.4, -0.2) is 109 Å². The molecule has 4 aromatic rings. The van der Waals surface area contributed by atoms with Gasteiger partial charge in [-0.25, -0.2) is 18.3 Å². The monoisotopic (exact) mass is 838 g/mol. The second-order valence-electron chi connectivity index (χ2n) is 16.8. The normalized spacial score (nSPS) is 24.6. The number of ether oxygens (including phenoxy) is 1. The first-order chi connectivity index (χ1) is 29.5. The highest BCUT2D eigenvalue weighted by Crippen LogP contribution is 2.38.